The van der Waals surface area contributed by atoms with Crippen molar-refractivity contribution < 1.29 is 19.1 Å². The van der Waals surface area contributed by atoms with E-state index in [2.05, 4.69) is 5.32 Å². The number of carbonyl (C=O) groups is 2. The Hall–Kier alpha value is -2.50. The summed E-state index contributed by atoms with van der Waals surface area (Å²) in [4.78, 5) is 22.9. The first kappa shape index (κ1) is 17.6. The van der Waals surface area contributed by atoms with E-state index in [1.807, 2.05) is 0 Å². The molecule has 120 valence electrons. The van der Waals surface area contributed by atoms with Crippen molar-refractivity contribution >= 4 is 18.1 Å². The van der Waals surface area contributed by atoms with Crippen LogP contribution < -0.4 is 15.8 Å². The molecular weight excluding hydrogens is 284 g/mol. The molecule has 2 amide bonds. The highest BCUT2D eigenvalue weighted by Crippen LogP contribution is 2.18. The summed E-state index contributed by atoms with van der Waals surface area (Å²) in [6.45, 7) is 5.65. The van der Waals surface area contributed by atoms with Crippen LogP contribution >= 0.6 is 0 Å². The van der Waals surface area contributed by atoms with E-state index in [9.17, 15) is 9.59 Å². The number of carbonyl (C=O) groups excluding carboxylic acids is 2. The Kier molecular flexibility index (Phi) is 5.98. The quantitative estimate of drug-likeness (QED) is 0.873. The van der Waals surface area contributed by atoms with E-state index in [-0.39, 0.29) is 6.54 Å². The number of hydrogen-bond donors (Lipinski definition) is 2. The molecule has 0 fully saturated rings. The van der Waals surface area contributed by atoms with Crippen molar-refractivity contribution in [2.45, 2.75) is 26.4 Å². The number of primary amides is 1. The van der Waals surface area contributed by atoms with Crippen molar-refractivity contribution in [1.29, 1.82) is 0 Å². The molecule has 1 aromatic carbocycles. The first-order chi connectivity index (χ1) is 10.2. The van der Waals surface area contributed by atoms with E-state index in [0.29, 0.717) is 16.9 Å². The number of ether oxygens (including phenoxy) is 2. The average Bonchev–Trinajstić information content (AvgIpc) is 2.41. The largest absolute Gasteiger partial charge is 0.497 e. The highest BCUT2D eigenvalue weighted by molar-refractivity contribution is 5.97. The molecular formula is C16H22N2O4. The Morgan fingerprint density at radius 3 is 2.55 bits per heavy atom. The van der Waals surface area contributed by atoms with Crippen LogP contribution in [0.25, 0.3) is 6.08 Å². The lowest BCUT2D eigenvalue weighted by Gasteiger charge is -2.19. The van der Waals surface area contributed by atoms with Crippen LogP contribution in [0.2, 0.25) is 0 Å². The lowest BCUT2D eigenvalue weighted by atomic mass is 10.1. The highest BCUT2D eigenvalue weighted by Gasteiger charge is 2.15. The number of nitrogens with one attached hydrogen (secondary N) is 1. The van der Waals surface area contributed by atoms with Crippen LogP contribution in [-0.4, -0.2) is 31.3 Å². The second kappa shape index (κ2) is 7.49. The number of benzene rings is 1. The molecule has 0 heterocycles. The van der Waals surface area contributed by atoms with Gasteiger partial charge in [-0.1, -0.05) is 18.2 Å². The van der Waals surface area contributed by atoms with Crippen molar-refractivity contribution in [2.24, 2.45) is 5.73 Å². The van der Waals surface area contributed by atoms with Gasteiger partial charge in [0.25, 0.3) is 0 Å². The van der Waals surface area contributed by atoms with Crippen LogP contribution in [0.15, 0.2) is 24.3 Å². The first-order valence-corrected chi connectivity index (χ1v) is 6.84. The molecule has 0 aliphatic heterocycles. The number of rotatable bonds is 5. The molecule has 0 aliphatic carbocycles. The molecule has 0 saturated heterocycles. The number of methoxy groups -OCH3 is 1. The molecule has 6 nitrogen and oxygen atoms in total. The van der Waals surface area contributed by atoms with Gasteiger partial charge in [0.1, 0.15) is 11.4 Å². The van der Waals surface area contributed by atoms with Gasteiger partial charge < -0.3 is 20.5 Å². The normalized spacial score (nSPS) is 11.3. The Bertz CT molecular complexity index is 574. The Labute approximate surface area is 130 Å². The van der Waals surface area contributed by atoms with E-state index in [0.717, 1.165) is 0 Å². The van der Waals surface area contributed by atoms with Crippen molar-refractivity contribution in [3.05, 3.63) is 35.4 Å². The summed E-state index contributed by atoms with van der Waals surface area (Å²) in [5.41, 5.74) is 5.81. The second-order valence-electron chi connectivity index (χ2n) is 5.60. The zero-order chi connectivity index (χ0) is 16.8. The summed E-state index contributed by atoms with van der Waals surface area (Å²) in [7, 11) is 1.51. The van der Waals surface area contributed by atoms with Crippen LogP contribution in [0, 0.1) is 0 Å². The summed E-state index contributed by atoms with van der Waals surface area (Å²) >= 11 is 0. The first-order valence-electron chi connectivity index (χ1n) is 6.84. The van der Waals surface area contributed by atoms with E-state index < -0.39 is 17.6 Å². The standard InChI is InChI=1S/C16H22N2O4/c1-16(2,3)22-15(20)18-9-5-6-11-7-8-12(21-4)10-13(11)14(17)19/h5-8,10H,9H2,1-4H3,(H2,17,19)(H,18,20). The van der Waals surface area contributed by atoms with Gasteiger partial charge in [-0.25, -0.2) is 4.79 Å². The third-order valence-corrected chi connectivity index (χ3v) is 2.59. The molecule has 6 heteroatoms. The molecule has 0 saturated carbocycles. The van der Waals surface area contributed by atoms with Gasteiger partial charge in [0.15, 0.2) is 0 Å². The van der Waals surface area contributed by atoms with Gasteiger partial charge in [0.05, 0.1) is 7.11 Å². The number of alkyl carbamates (subject to hydrolysis) is 1. The predicted octanol–water partition coefficient (Wildman–Crippen LogP) is 2.33. The van der Waals surface area contributed by atoms with Crippen LogP contribution in [0.5, 0.6) is 5.75 Å². The topological polar surface area (TPSA) is 90.7 Å². The minimum absolute atomic E-state index is 0.277. The van der Waals surface area contributed by atoms with Gasteiger partial charge in [-0.15, -0.1) is 0 Å². The molecule has 0 bridgehead atoms. The predicted molar refractivity (Wildman–Crippen MR) is 84.8 cm³/mol. The SMILES string of the molecule is COc1ccc(C=CCNC(=O)OC(C)(C)C)c(C(N)=O)c1. The fraction of sp³-hybridized carbons (Fsp3) is 0.375. The Morgan fingerprint density at radius 1 is 1.32 bits per heavy atom. The van der Waals surface area contributed by atoms with Crippen molar-refractivity contribution in [1.82, 2.24) is 5.32 Å². The molecule has 0 aliphatic rings. The van der Waals surface area contributed by atoms with Crippen LogP contribution in [0.3, 0.4) is 0 Å². The summed E-state index contributed by atoms with van der Waals surface area (Å²) in [6.07, 6.45) is 2.91. The van der Waals surface area contributed by atoms with Crippen molar-refractivity contribution in [3.63, 3.8) is 0 Å². The van der Waals surface area contributed by atoms with Gasteiger partial charge >= 0.3 is 6.09 Å². The maximum atomic E-state index is 11.5. The third-order valence-electron chi connectivity index (χ3n) is 2.59. The Balaban J connectivity index is 2.67. The maximum Gasteiger partial charge on any atom is 0.407 e. The summed E-state index contributed by atoms with van der Waals surface area (Å²) in [6, 6.07) is 5.03. The smallest absolute Gasteiger partial charge is 0.407 e. The van der Waals surface area contributed by atoms with Gasteiger partial charge in [-0.3, -0.25) is 4.79 Å². The molecule has 1 aromatic rings. The minimum atomic E-state index is -0.543. The molecule has 0 atom stereocenters. The van der Waals surface area contributed by atoms with Crippen LogP contribution in [-0.2, 0) is 4.74 Å². The van der Waals surface area contributed by atoms with Crippen molar-refractivity contribution in [2.75, 3.05) is 13.7 Å². The molecule has 0 spiro atoms. The van der Waals surface area contributed by atoms with Crippen LogP contribution in [0.1, 0.15) is 36.7 Å². The zero-order valence-corrected chi connectivity index (χ0v) is 13.3. The molecule has 0 unspecified atom stereocenters. The molecule has 0 radical (unpaired) electrons. The number of amides is 2. The fourth-order valence-corrected chi connectivity index (χ4v) is 1.66. The number of nitrogens with two attached hydrogens (primary N) is 1. The van der Waals surface area contributed by atoms with E-state index >= 15 is 0 Å². The molecule has 22 heavy (non-hydrogen) atoms. The van der Waals surface area contributed by atoms with Crippen LogP contribution in [0.4, 0.5) is 4.79 Å². The zero-order valence-electron chi connectivity index (χ0n) is 13.3. The molecule has 3 N–H and O–H groups in total. The van der Waals surface area contributed by atoms with Gasteiger partial charge in [-0.2, -0.15) is 0 Å². The molecule has 0 aromatic heterocycles. The van der Waals surface area contributed by atoms with E-state index in [4.69, 9.17) is 15.2 Å². The fourth-order valence-electron chi connectivity index (χ4n) is 1.66. The minimum Gasteiger partial charge on any atom is -0.497 e. The van der Waals surface area contributed by atoms with Gasteiger partial charge in [0, 0.05) is 12.1 Å². The van der Waals surface area contributed by atoms with Gasteiger partial charge in [-0.05, 0) is 38.5 Å². The summed E-state index contributed by atoms with van der Waals surface area (Å²) in [5.74, 6) is 0.0106. The lowest BCUT2D eigenvalue weighted by molar-refractivity contribution is 0.0534. The Morgan fingerprint density at radius 2 is 2.00 bits per heavy atom. The maximum absolute atomic E-state index is 11.5. The monoisotopic (exact) mass is 306 g/mol. The highest BCUT2D eigenvalue weighted by atomic mass is 16.6. The van der Waals surface area contributed by atoms with Gasteiger partial charge in [0.2, 0.25) is 5.91 Å². The second-order valence-corrected chi connectivity index (χ2v) is 5.60. The average molecular weight is 306 g/mol. The summed E-state index contributed by atoms with van der Waals surface area (Å²) in [5, 5.41) is 2.59. The van der Waals surface area contributed by atoms with Crippen molar-refractivity contribution in [3.8, 4) is 5.75 Å². The third kappa shape index (κ3) is 5.87. The summed E-state index contributed by atoms with van der Waals surface area (Å²) < 4.78 is 10.2. The van der Waals surface area contributed by atoms with E-state index in [1.54, 1.807) is 51.1 Å². The number of hydrogen-bond acceptors (Lipinski definition) is 4. The van der Waals surface area contributed by atoms with E-state index in [1.165, 1.54) is 7.11 Å². The lowest BCUT2D eigenvalue weighted by Crippen LogP contribution is -2.32. The molecule has 1 rings (SSSR count).